The number of sulfonamides is 1. The van der Waals surface area contributed by atoms with E-state index < -0.39 is 10.0 Å². The second-order valence-corrected chi connectivity index (χ2v) is 9.69. The van der Waals surface area contributed by atoms with E-state index in [2.05, 4.69) is 5.32 Å². The molecule has 1 amide bonds. The zero-order valence-corrected chi connectivity index (χ0v) is 16.0. The molecule has 1 aliphatic carbocycles. The van der Waals surface area contributed by atoms with Gasteiger partial charge in [0.15, 0.2) is 0 Å². The molecule has 1 aromatic heterocycles. The summed E-state index contributed by atoms with van der Waals surface area (Å²) in [4.78, 5) is 12.1. The van der Waals surface area contributed by atoms with Crippen LogP contribution in [0.2, 0.25) is 0 Å². The number of carbonyl (C=O) groups is 1. The van der Waals surface area contributed by atoms with Gasteiger partial charge >= 0.3 is 0 Å². The van der Waals surface area contributed by atoms with E-state index >= 15 is 0 Å². The monoisotopic (exact) mass is 372 g/mol. The molecule has 1 heterocycles. The average Bonchev–Trinajstić information content (AvgIpc) is 3.04. The van der Waals surface area contributed by atoms with Crippen LogP contribution in [0.1, 0.15) is 57.8 Å². The Balaban J connectivity index is 1.72. The fourth-order valence-electron chi connectivity index (χ4n) is 3.05. The summed E-state index contributed by atoms with van der Waals surface area (Å²) in [5.74, 6) is 0.0440. The first-order valence-electron chi connectivity index (χ1n) is 8.79. The summed E-state index contributed by atoms with van der Waals surface area (Å²) in [7, 11) is -1.84. The minimum Gasteiger partial charge on any atom is -0.353 e. The number of hydrogen-bond acceptors (Lipinski definition) is 4. The van der Waals surface area contributed by atoms with E-state index in [0.29, 0.717) is 29.6 Å². The molecule has 1 saturated carbocycles. The van der Waals surface area contributed by atoms with Gasteiger partial charge in [0.2, 0.25) is 5.91 Å². The van der Waals surface area contributed by atoms with Crippen molar-refractivity contribution < 1.29 is 13.2 Å². The smallest absolute Gasteiger partial charge is 0.252 e. The Morgan fingerprint density at radius 2 is 1.92 bits per heavy atom. The van der Waals surface area contributed by atoms with Crippen molar-refractivity contribution in [3.63, 3.8) is 0 Å². The van der Waals surface area contributed by atoms with Crippen LogP contribution in [0.25, 0.3) is 0 Å². The first-order valence-corrected chi connectivity index (χ1v) is 11.1. The number of thiophene rings is 1. The summed E-state index contributed by atoms with van der Waals surface area (Å²) in [6.45, 7) is 0.359. The van der Waals surface area contributed by atoms with Gasteiger partial charge in [-0.2, -0.15) is 0 Å². The molecule has 1 N–H and O–H groups in total. The number of rotatable bonds is 7. The van der Waals surface area contributed by atoms with Crippen LogP contribution in [0.5, 0.6) is 0 Å². The average molecular weight is 373 g/mol. The van der Waals surface area contributed by atoms with Crippen LogP contribution >= 0.6 is 11.3 Å². The SMILES string of the molecule is CN(CCCC(=O)NC1CCCCCCC1)S(=O)(=O)c1cccs1. The van der Waals surface area contributed by atoms with Crippen molar-refractivity contribution in [3.05, 3.63) is 17.5 Å². The van der Waals surface area contributed by atoms with Gasteiger partial charge in [0.05, 0.1) is 0 Å². The molecule has 1 aliphatic rings. The second kappa shape index (κ2) is 9.53. The summed E-state index contributed by atoms with van der Waals surface area (Å²) < 4.78 is 26.3. The van der Waals surface area contributed by atoms with Crippen molar-refractivity contribution >= 4 is 27.3 Å². The van der Waals surface area contributed by atoms with Crippen LogP contribution in [0.4, 0.5) is 0 Å². The lowest BCUT2D eigenvalue weighted by Crippen LogP contribution is -2.36. The normalized spacial score (nSPS) is 17.4. The van der Waals surface area contributed by atoms with Crippen LogP contribution in [0, 0.1) is 0 Å². The number of carbonyl (C=O) groups excluding carboxylic acids is 1. The summed E-state index contributed by atoms with van der Waals surface area (Å²) >= 11 is 1.22. The minimum absolute atomic E-state index is 0.0440. The molecule has 1 aromatic rings. The minimum atomic E-state index is -3.41. The van der Waals surface area contributed by atoms with E-state index in [9.17, 15) is 13.2 Å². The molecule has 0 saturated heterocycles. The summed E-state index contributed by atoms with van der Waals surface area (Å²) in [6.07, 6.45) is 9.26. The molecule has 2 rings (SSSR count). The second-order valence-electron chi connectivity index (χ2n) is 6.47. The van der Waals surface area contributed by atoms with E-state index in [0.717, 1.165) is 12.8 Å². The molecule has 0 bridgehead atoms. The van der Waals surface area contributed by atoms with Crippen LogP contribution in [-0.4, -0.2) is 38.3 Å². The van der Waals surface area contributed by atoms with Gasteiger partial charge in [0.1, 0.15) is 4.21 Å². The topological polar surface area (TPSA) is 66.5 Å². The van der Waals surface area contributed by atoms with Crippen molar-refractivity contribution in [2.24, 2.45) is 0 Å². The first kappa shape index (κ1) is 19.4. The highest BCUT2D eigenvalue weighted by molar-refractivity contribution is 7.91. The first-order chi connectivity index (χ1) is 11.5. The van der Waals surface area contributed by atoms with E-state index in [1.54, 1.807) is 24.6 Å². The van der Waals surface area contributed by atoms with E-state index in [1.807, 2.05) is 0 Å². The van der Waals surface area contributed by atoms with Crippen molar-refractivity contribution in [1.82, 2.24) is 9.62 Å². The Labute approximate surface area is 149 Å². The Morgan fingerprint density at radius 1 is 1.25 bits per heavy atom. The molecule has 0 aliphatic heterocycles. The highest BCUT2D eigenvalue weighted by Gasteiger charge is 2.21. The maximum absolute atomic E-state index is 12.3. The van der Waals surface area contributed by atoms with Gasteiger partial charge < -0.3 is 5.32 Å². The maximum Gasteiger partial charge on any atom is 0.252 e. The molecular weight excluding hydrogens is 344 g/mol. The lowest BCUT2D eigenvalue weighted by Gasteiger charge is -2.21. The molecule has 1 fully saturated rings. The zero-order chi connectivity index (χ0) is 17.4. The van der Waals surface area contributed by atoms with E-state index in [-0.39, 0.29) is 5.91 Å². The van der Waals surface area contributed by atoms with Crippen LogP contribution in [0.3, 0.4) is 0 Å². The standard InChI is InChI=1S/C17H28N2O3S2/c1-19(24(21,22)17-12-8-14-23-17)13-7-11-16(20)18-15-9-5-3-2-4-6-10-15/h8,12,14-15H,2-7,9-11,13H2,1H3,(H,18,20). The third-order valence-electron chi connectivity index (χ3n) is 4.51. The van der Waals surface area contributed by atoms with Crippen molar-refractivity contribution in [2.45, 2.75) is 68.0 Å². The highest BCUT2D eigenvalue weighted by Crippen LogP contribution is 2.20. The van der Waals surface area contributed by atoms with Crippen LogP contribution in [-0.2, 0) is 14.8 Å². The number of nitrogens with zero attached hydrogens (tertiary/aromatic N) is 1. The quantitative estimate of drug-likeness (QED) is 0.798. The van der Waals surface area contributed by atoms with Crippen LogP contribution in [0.15, 0.2) is 21.7 Å². The van der Waals surface area contributed by atoms with Gasteiger partial charge in [-0.25, -0.2) is 12.7 Å². The molecule has 0 spiro atoms. The molecule has 136 valence electrons. The summed E-state index contributed by atoms with van der Waals surface area (Å²) in [5, 5.41) is 4.87. The summed E-state index contributed by atoms with van der Waals surface area (Å²) in [5.41, 5.74) is 0. The fourth-order valence-corrected chi connectivity index (χ4v) is 5.46. The largest absolute Gasteiger partial charge is 0.353 e. The van der Waals surface area contributed by atoms with Gasteiger partial charge in [-0.15, -0.1) is 11.3 Å². The van der Waals surface area contributed by atoms with Gasteiger partial charge in [0, 0.05) is 26.1 Å². The zero-order valence-electron chi connectivity index (χ0n) is 14.4. The van der Waals surface area contributed by atoms with Crippen LogP contribution < -0.4 is 5.32 Å². The molecule has 0 atom stereocenters. The number of hydrogen-bond donors (Lipinski definition) is 1. The lowest BCUT2D eigenvalue weighted by molar-refractivity contribution is -0.122. The third kappa shape index (κ3) is 5.86. The molecule has 0 aromatic carbocycles. The van der Waals surface area contributed by atoms with Gasteiger partial charge in [-0.1, -0.05) is 38.2 Å². The Kier molecular flexibility index (Phi) is 7.71. The Morgan fingerprint density at radius 3 is 2.54 bits per heavy atom. The van der Waals surface area contributed by atoms with Crippen molar-refractivity contribution in [1.29, 1.82) is 0 Å². The van der Waals surface area contributed by atoms with E-state index in [4.69, 9.17) is 0 Å². The Bertz CT molecular complexity index is 591. The molecule has 0 unspecified atom stereocenters. The van der Waals surface area contributed by atoms with Gasteiger partial charge in [-0.05, 0) is 30.7 Å². The molecule has 0 radical (unpaired) electrons. The van der Waals surface area contributed by atoms with E-state index in [1.165, 1.54) is 47.7 Å². The molecular formula is C17H28N2O3S2. The molecule has 5 nitrogen and oxygen atoms in total. The lowest BCUT2D eigenvalue weighted by atomic mass is 9.96. The fraction of sp³-hybridized carbons (Fsp3) is 0.706. The Hall–Kier alpha value is -0.920. The number of amides is 1. The number of nitrogens with one attached hydrogen (secondary N) is 1. The molecule has 7 heteroatoms. The predicted octanol–water partition coefficient (Wildman–Crippen LogP) is 3.38. The third-order valence-corrected chi connectivity index (χ3v) is 7.74. The molecule has 24 heavy (non-hydrogen) atoms. The predicted molar refractivity (Wildman–Crippen MR) is 97.6 cm³/mol. The van der Waals surface area contributed by atoms with Crippen molar-refractivity contribution in [2.75, 3.05) is 13.6 Å². The van der Waals surface area contributed by atoms with Gasteiger partial charge in [-0.3, -0.25) is 4.79 Å². The summed E-state index contributed by atoms with van der Waals surface area (Å²) in [6, 6.07) is 3.64. The van der Waals surface area contributed by atoms with Gasteiger partial charge in [0.25, 0.3) is 10.0 Å². The van der Waals surface area contributed by atoms with Crippen molar-refractivity contribution in [3.8, 4) is 0 Å². The maximum atomic E-state index is 12.3. The highest BCUT2D eigenvalue weighted by atomic mass is 32.2.